The lowest BCUT2D eigenvalue weighted by Crippen LogP contribution is -2.13. The maximum atomic E-state index is 13.0. The standard InChI is InChI=1S/C13H10F3NO3S/c14-11-5-9(6-12(15)13(11)16)17-21(19,20)10-3-1-8(7-18)2-4-10/h1-6,17-18H,7H2. The summed E-state index contributed by atoms with van der Waals surface area (Å²) < 4.78 is 64.8. The van der Waals surface area contributed by atoms with Crippen LogP contribution < -0.4 is 4.72 Å². The fraction of sp³-hybridized carbons (Fsp3) is 0.0769. The number of nitrogens with one attached hydrogen (secondary N) is 1. The molecule has 21 heavy (non-hydrogen) atoms. The normalized spacial score (nSPS) is 11.4. The highest BCUT2D eigenvalue weighted by molar-refractivity contribution is 7.92. The summed E-state index contributed by atoms with van der Waals surface area (Å²) >= 11 is 0. The van der Waals surface area contributed by atoms with Crippen molar-refractivity contribution >= 4 is 15.7 Å². The first-order valence-electron chi connectivity index (χ1n) is 5.70. The third-order valence-corrected chi connectivity index (χ3v) is 4.05. The van der Waals surface area contributed by atoms with E-state index in [0.717, 1.165) is 0 Å². The average molecular weight is 317 g/mol. The van der Waals surface area contributed by atoms with E-state index >= 15 is 0 Å². The number of halogens is 3. The van der Waals surface area contributed by atoms with Crippen LogP contribution in [0.25, 0.3) is 0 Å². The van der Waals surface area contributed by atoms with E-state index in [1.165, 1.54) is 24.3 Å². The number of hydrogen-bond donors (Lipinski definition) is 2. The van der Waals surface area contributed by atoms with Gasteiger partial charge in [0.2, 0.25) is 0 Å². The largest absolute Gasteiger partial charge is 0.392 e. The molecule has 2 aromatic carbocycles. The highest BCUT2D eigenvalue weighted by atomic mass is 32.2. The lowest BCUT2D eigenvalue weighted by Gasteiger charge is -2.09. The summed E-state index contributed by atoms with van der Waals surface area (Å²) in [5.41, 5.74) is 0.0745. The third-order valence-electron chi connectivity index (χ3n) is 2.65. The lowest BCUT2D eigenvalue weighted by atomic mass is 10.2. The Hall–Kier alpha value is -2.06. The summed E-state index contributed by atoms with van der Waals surface area (Å²) in [7, 11) is -4.07. The van der Waals surface area contributed by atoms with Crippen LogP contribution in [-0.2, 0) is 16.6 Å². The molecule has 8 heteroatoms. The predicted molar refractivity (Wildman–Crippen MR) is 69.5 cm³/mol. The molecule has 0 amide bonds. The third kappa shape index (κ3) is 3.34. The van der Waals surface area contributed by atoms with Gasteiger partial charge < -0.3 is 5.11 Å². The van der Waals surface area contributed by atoms with E-state index in [0.29, 0.717) is 17.7 Å². The minimum Gasteiger partial charge on any atom is -0.392 e. The SMILES string of the molecule is O=S(=O)(Nc1cc(F)c(F)c(F)c1)c1ccc(CO)cc1. The molecule has 0 fully saturated rings. The molecule has 0 saturated carbocycles. The zero-order chi connectivity index (χ0) is 15.6. The Morgan fingerprint density at radius 2 is 1.52 bits per heavy atom. The van der Waals surface area contributed by atoms with E-state index in [9.17, 15) is 21.6 Å². The molecule has 0 atom stereocenters. The van der Waals surface area contributed by atoms with Gasteiger partial charge in [-0.15, -0.1) is 0 Å². The van der Waals surface area contributed by atoms with Crippen molar-refractivity contribution in [2.24, 2.45) is 0 Å². The molecule has 0 heterocycles. The Kier molecular flexibility index (Phi) is 4.19. The van der Waals surface area contributed by atoms with Gasteiger partial charge >= 0.3 is 0 Å². The molecule has 0 aliphatic heterocycles. The van der Waals surface area contributed by atoms with Gasteiger partial charge in [0.1, 0.15) is 0 Å². The zero-order valence-corrected chi connectivity index (χ0v) is 11.3. The van der Waals surface area contributed by atoms with Crippen molar-refractivity contribution in [2.75, 3.05) is 4.72 Å². The first kappa shape index (κ1) is 15.3. The minimum absolute atomic E-state index is 0.162. The average Bonchev–Trinajstić information content (AvgIpc) is 2.44. The molecule has 112 valence electrons. The van der Waals surface area contributed by atoms with Crippen molar-refractivity contribution < 1.29 is 26.7 Å². The van der Waals surface area contributed by atoms with Gasteiger partial charge in [-0.25, -0.2) is 21.6 Å². The molecule has 0 aliphatic rings. The Labute approximate surface area is 118 Å². The van der Waals surface area contributed by atoms with Crippen LogP contribution in [-0.4, -0.2) is 13.5 Å². The van der Waals surface area contributed by atoms with E-state index in [4.69, 9.17) is 5.11 Å². The second kappa shape index (κ2) is 5.74. The van der Waals surface area contributed by atoms with Gasteiger partial charge in [0.15, 0.2) is 17.5 Å². The molecular weight excluding hydrogens is 307 g/mol. The van der Waals surface area contributed by atoms with Crippen molar-refractivity contribution in [3.8, 4) is 0 Å². The van der Waals surface area contributed by atoms with Crippen molar-refractivity contribution in [3.63, 3.8) is 0 Å². The van der Waals surface area contributed by atoms with Crippen LogP contribution in [0, 0.1) is 17.5 Å². The van der Waals surface area contributed by atoms with Crippen LogP contribution >= 0.6 is 0 Å². The minimum atomic E-state index is -4.07. The maximum Gasteiger partial charge on any atom is 0.261 e. The summed E-state index contributed by atoms with van der Waals surface area (Å²) in [5.74, 6) is -4.67. The molecule has 0 aliphatic carbocycles. The fourth-order valence-electron chi connectivity index (χ4n) is 1.60. The molecule has 0 unspecified atom stereocenters. The predicted octanol–water partition coefficient (Wildman–Crippen LogP) is 2.40. The summed E-state index contributed by atoms with van der Waals surface area (Å²) in [6, 6.07) is 6.31. The first-order chi connectivity index (χ1) is 9.83. The van der Waals surface area contributed by atoms with Gasteiger partial charge in [0.05, 0.1) is 17.2 Å². The van der Waals surface area contributed by atoms with Gasteiger partial charge in [-0.3, -0.25) is 4.72 Å². The summed E-state index contributed by atoms with van der Waals surface area (Å²) in [4.78, 5) is -0.162. The Morgan fingerprint density at radius 3 is 2.00 bits per heavy atom. The van der Waals surface area contributed by atoms with Crippen molar-refractivity contribution in [1.29, 1.82) is 0 Å². The van der Waals surface area contributed by atoms with Crippen molar-refractivity contribution in [3.05, 3.63) is 59.4 Å². The number of aliphatic hydroxyl groups is 1. The molecule has 0 radical (unpaired) electrons. The van der Waals surface area contributed by atoms with Crippen molar-refractivity contribution in [2.45, 2.75) is 11.5 Å². The monoisotopic (exact) mass is 317 g/mol. The molecule has 2 N–H and O–H groups in total. The number of anilines is 1. The number of hydrogen-bond acceptors (Lipinski definition) is 3. The van der Waals surface area contributed by atoms with E-state index in [2.05, 4.69) is 0 Å². The number of benzene rings is 2. The molecule has 0 aromatic heterocycles. The molecule has 0 saturated heterocycles. The summed E-state index contributed by atoms with van der Waals surface area (Å²) in [6.07, 6.45) is 0. The van der Waals surface area contributed by atoms with E-state index in [1.54, 1.807) is 0 Å². The maximum absolute atomic E-state index is 13.0. The van der Waals surface area contributed by atoms with Gasteiger partial charge in [-0.2, -0.15) is 0 Å². The van der Waals surface area contributed by atoms with Crippen LogP contribution in [0.1, 0.15) is 5.56 Å². The van der Waals surface area contributed by atoms with Crippen LogP contribution in [0.15, 0.2) is 41.3 Å². The van der Waals surface area contributed by atoms with Gasteiger partial charge in [-0.1, -0.05) is 12.1 Å². The molecule has 0 spiro atoms. The van der Waals surface area contributed by atoms with E-state index in [-0.39, 0.29) is 11.5 Å². The van der Waals surface area contributed by atoms with Gasteiger partial charge in [0.25, 0.3) is 10.0 Å². The van der Waals surface area contributed by atoms with Crippen LogP contribution in [0.4, 0.5) is 18.9 Å². The molecular formula is C13H10F3NO3S. The van der Waals surface area contributed by atoms with E-state index < -0.39 is 33.2 Å². The van der Waals surface area contributed by atoms with Crippen LogP contribution in [0.2, 0.25) is 0 Å². The molecule has 2 rings (SSSR count). The van der Waals surface area contributed by atoms with Gasteiger partial charge in [0, 0.05) is 12.1 Å². The fourth-order valence-corrected chi connectivity index (χ4v) is 2.64. The zero-order valence-electron chi connectivity index (χ0n) is 10.5. The highest BCUT2D eigenvalue weighted by Gasteiger charge is 2.17. The Balaban J connectivity index is 2.32. The van der Waals surface area contributed by atoms with Crippen LogP contribution in [0.5, 0.6) is 0 Å². The highest BCUT2D eigenvalue weighted by Crippen LogP contribution is 2.21. The Morgan fingerprint density at radius 1 is 1.00 bits per heavy atom. The lowest BCUT2D eigenvalue weighted by molar-refractivity contribution is 0.282. The topological polar surface area (TPSA) is 66.4 Å². The molecule has 0 bridgehead atoms. The van der Waals surface area contributed by atoms with Crippen molar-refractivity contribution in [1.82, 2.24) is 0 Å². The summed E-state index contributed by atoms with van der Waals surface area (Å²) in [6.45, 7) is -0.248. The summed E-state index contributed by atoms with van der Waals surface area (Å²) in [5, 5.41) is 8.87. The Bertz CT molecular complexity index is 738. The van der Waals surface area contributed by atoms with Crippen LogP contribution in [0.3, 0.4) is 0 Å². The number of rotatable bonds is 4. The quantitative estimate of drug-likeness (QED) is 0.851. The second-order valence-corrected chi connectivity index (χ2v) is 5.84. The molecule has 2 aromatic rings. The molecule has 4 nitrogen and oxygen atoms in total. The second-order valence-electron chi connectivity index (χ2n) is 4.16. The van der Waals surface area contributed by atoms with E-state index in [1.807, 2.05) is 4.72 Å². The smallest absolute Gasteiger partial charge is 0.261 e. The number of sulfonamides is 1. The first-order valence-corrected chi connectivity index (χ1v) is 7.19. The van der Waals surface area contributed by atoms with Gasteiger partial charge in [-0.05, 0) is 17.7 Å². The number of aliphatic hydroxyl groups excluding tert-OH is 1.